The summed E-state index contributed by atoms with van der Waals surface area (Å²) in [4.78, 5) is 16.9. The molecule has 1 aliphatic rings. The highest BCUT2D eigenvalue weighted by Gasteiger charge is 2.33. The zero-order valence-electron chi connectivity index (χ0n) is 16.9. The summed E-state index contributed by atoms with van der Waals surface area (Å²) < 4.78 is 45.3. The zero-order chi connectivity index (χ0) is 22.7. The van der Waals surface area contributed by atoms with Gasteiger partial charge in [-0.1, -0.05) is 28.9 Å². The number of carbonyl (C=O) groups excluding carboxylic acids is 1. The first kappa shape index (κ1) is 22.4. The molecule has 3 aromatic rings. The number of rotatable bonds is 6. The van der Waals surface area contributed by atoms with Crippen LogP contribution in [0, 0.1) is 11.7 Å². The van der Waals surface area contributed by atoms with E-state index in [9.17, 15) is 17.6 Å². The fraction of sp³-hybridized carbons (Fsp3) is 0.286. The molecule has 0 spiro atoms. The number of hydrogen-bond donors (Lipinski definition) is 1. The molecule has 11 heteroatoms. The normalized spacial score (nSPS) is 17.2. The number of amides is 1. The number of hydrogen-bond acceptors (Lipinski definition) is 6. The van der Waals surface area contributed by atoms with Crippen LogP contribution in [0.1, 0.15) is 18.7 Å². The Morgan fingerprint density at radius 2 is 2.03 bits per heavy atom. The van der Waals surface area contributed by atoms with Gasteiger partial charge in [0.15, 0.2) is 0 Å². The molecule has 0 radical (unpaired) electrons. The average molecular weight is 479 g/mol. The van der Waals surface area contributed by atoms with E-state index in [1.54, 1.807) is 24.3 Å². The summed E-state index contributed by atoms with van der Waals surface area (Å²) in [5.41, 5.74) is 0.688. The second kappa shape index (κ2) is 9.35. The third-order valence-electron chi connectivity index (χ3n) is 5.17. The molecule has 8 nitrogen and oxygen atoms in total. The van der Waals surface area contributed by atoms with Gasteiger partial charge in [-0.25, -0.2) is 12.8 Å². The van der Waals surface area contributed by atoms with Crippen LogP contribution in [0.25, 0.3) is 11.4 Å². The summed E-state index contributed by atoms with van der Waals surface area (Å²) in [6.07, 6.45) is 1.09. The predicted octanol–water partition coefficient (Wildman–Crippen LogP) is 3.25. The van der Waals surface area contributed by atoms with E-state index in [0.29, 0.717) is 35.8 Å². The summed E-state index contributed by atoms with van der Waals surface area (Å²) in [5.74, 6) is -0.758. The lowest BCUT2D eigenvalue weighted by molar-refractivity contribution is -0.126. The number of benzene rings is 2. The van der Waals surface area contributed by atoms with Crippen molar-refractivity contribution in [2.45, 2.75) is 24.3 Å². The van der Waals surface area contributed by atoms with Crippen molar-refractivity contribution in [3.05, 3.63) is 65.3 Å². The largest absolute Gasteiger partial charge is 0.347 e. The lowest BCUT2D eigenvalue weighted by Crippen LogP contribution is -2.45. The van der Waals surface area contributed by atoms with Crippen molar-refractivity contribution < 1.29 is 22.1 Å². The molecule has 4 rings (SSSR count). The van der Waals surface area contributed by atoms with Gasteiger partial charge in [-0.3, -0.25) is 4.79 Å². The minimum Gasteiger partial charge on any atom is -0.347 e. The first-order valence-electron chi connectivity index (χ1n) is 9.95. The molecule has 2 aromatic carbocycles. The molecular formula is C21H20ClFN4O4S. The lowest BCUT2D eigenvalue weighted by atomic mass is 9.99. The fourth-order valence-corrected chi connectivity index (χ4v) is 5.22. The molecule has 0 unspecified atom stereocenters. The van der Waals surface area contributed by atoms with E-state index >= 15 is 0 Å². The predicted molar refractivity (Wildman–Crippen MR) is 114 cm³/mol. The molecule has 1 amide bonds. The van der Waals surface area contributed by atoms with E-state index in [4.69, 9.17) is 16.1 Å². The number of nitrogens with one attached hydrogen (secondary N) is 1. The van der Waals surface area contributed by atoms with Gasteiger partial charge in [-0.2, -0.15) is 9.29 Å². The molecule has 1 atom stereocenters. The van der Waals surface area contributed by atoms with Crippen molar-refractivity contribution in [1.82, 2.24) is 19.8 Å². The molecule has 1 aromatic heterocycles. The quantitative estimate of drug-likeness (QED) is 0.583. The Hall–Kier alpha value is -2.82. The van der Waals surface area contributed by atoms with Gasteiger partial charge in [0.1, 0.15) is 5.82 Å². The summed E-state index contributed by atoms with van der Waals surface area (Å²) in [6, 6.07) is 11.6. The summed E-state index contributed by atoms with van der Waals surface area (Å²) in [5, 5.41) is 7.16. The van der Waals surface area contributed by atoms with Crippen LogP contribution in [-0.4, -0.2) is 41.9 Å². The van der Waals surface area contributed by atoms with E-state index in [1.165, 1.54) is 16.4 Å². The van der Waals surface area contributed by atoms with Gasteiger partial charge >= 0.3 is 0 Å². The highest BCUT2D eigenvalue weighted by atomic mass is 35.5. The van der Waals surface area contributed by atoms with Gasteiger partial charge in [0, 0.05) is 23.7 Å². The minimum absolute atomic E-state index is 0.000590. The molecule has 1 N–H and O–H groups in total. The van der Waals surface area contributed by atoms with Crippen LogP contribution in [0.5, 0.6) is 0 Å². The third kappa shape index (κ3) is 4.98. The average Bonchev–Trinajstić information content (AvgIpc) is 3.27. The van der Waals surface area contributed by atoms with E-state index in [1.807, 2.05) is 0 Å². The van der Waals surface area contributed by atoms with E-state index in [0.717, 1.165) is 12.1 Å². The number of sulfonamides is 1. The molecule has 168 valence electrons. The highest BCUT2D eigenvalue weighted by Crippen LogP contribution is 2.24. The smallest absolute Gasteiger partial charge is 0.246 e. The molecule has 0 aliphatic carbocycles. The first-order chi connectivity index (χ1) is 15.3. The number of halogens is 2. The second-order valence-corrected chi connectivity index (χ2v) is 9.77. The first-order valence-corrected chi connectivity index (χ1v) is 11.8. The van der Waals surface area contributed by atoms with Crippen LogP contribution in [0.2, 0.25) is 5.02 Å². The number of piperidine rings is 1. The van der Waals surface area contributed by atoms with Crippen LogP contribution in [0.4, 0.5) is 4.39 Å². The maximum Gasteiger partial charge on any atom is 0.246 e. The van der Waals surface area contributed by atoms with Crippen molar-refractivity contribution in [2.24, 2.45) is 5.92 Å². The maximum atomic E-state index is 13.1. The molecule has 0 bridgehead atoms. The standard InChI is InChI=1S/C21H20ClFN4O4S/c22-16-5-1-3-14(11-16)20-25-19(31-26-20)12-24-21(28)15-4-2-10-27(13-15)32(29,30)18-8-6-17(23)7-9-18/h1,3,5-9,11,15H,2,4,10,12-13H2,(H,24,28)/t15-/m0/s1. The van der Waals surface area contributed by atoms with Crippen molar-refractivity contribution in [3.63, 3.8) is 0 Å². The Balaban J connectivity index is 1.37. The Labute approximate surface area is 189 Å². The van der Waals surface area contributed by atoms with Gasteiger partial charge in [0.25, 0.3) is 0 Å². The lowest BCUT2D eigenvalue weighted by Gasteiger charge is -2.31. The van der Waals surface area contributed by atoms with Crippen LogP contribution in [0.3, 0.4) is 0 Å². The molecule has 1 saturated heterocycles. The zero-order valence-corrected chi connectivity index (χ0v) is 18.4. The number of aromatic nitrogens is 2. The SMILES string of the molecule is O=C(NCc1nc(-c2cccc(Cl)c2)no1)[C@H]1CCCN(S(=O)(=O)c2ccc(F)cc2)C1. The van der Waals surface area contributed by atoms with Gasteiger partial charge in [0.05, 0.1) is 17.4 Å². The fourth-order valence-electron chi connectivity index (χ4n) is 3.51. The van der Waals surface area contributed by atoms with Gasteiger partial charge < -0.3 is 9.84 Å². The van der Waals surface area contributed by atoms with Gasteiger partial charge in [-0.15, -0.1) is 0 Å². The van der Waals surface area contributed by atoms with Crippen LogP contribution < -0.4 is 5.32 Å². The monoisotopic (exact) mass is 478 g/mol. The van der Waals surface area contributed by atoms with Crippen LogP contribution in [0.15, 0.2) is 57.9 Å². The number of carbonyl (C=O) groups is 1. The van der Waals surface area contributed by atoms with E-state index < -0.39 is 21.8 Å². The molecular weight excluding hydrogens is 459 g/mol. The van der Waals surface area contributed by atoms with E-state index in [2.05, 4.69) is 15.5 Å². The van der Waals surface area contributed by atoms with Gasteiger partial charge in [0.2, 0.25) is 27.6 Å². The summed E-state index contributed by atoms with van der Waals surface area (Å²) >= 11 is 5.97. The molecule has 2 heterocycles. The molecule has 1 aliphatic heterocycles. The Morgan fingerprint density at radius 1 is 1.25 bits per heavy atom. The molecule has 0 saturated carbocycles. The van der Waals surface area contributed by atoms with Crippen molar-refractivity contribution in [1.29, 1.82) is 0 Å². The topological polar surface area (TPSA) is 105 Å². The van der Waals surface area contributed by atoms with Crippen molar-refractivity contribution >= 4 is 27.5 Å². The second-order valence-electron chi connectivity index (χ2n) is 7.40. The Bertz CT molecular complexity index is 1220. The van der Waals surface area contributed by atoms with Gasteiger partial charge in [-0.05, 0) is 49.2 Å². The van der Waals surface area contributed by atoms with Crippen LogP contribution in [-0.2, 0) is 21.4 Å². The highest BCUT2D eigenvalue weighted by molar-refractivity contribution is 7.89. The molecule has 32 heavy (non-hydrogen) atoms. The Morgan fingerprint density at radius 3 is 2.78 bits per heavy atom. The number of nitrogens with zero attached hydrogens (tertiary/aromatic N) is 3. The molecule has 1 fully saturated rings. The third-order valence-corrected chi connectivity index (χ3v) is 7.29. The van der Waals surface area contributed by atoms with Crippen LogP contribution >= 0.6 is 11.6 Å². The maximum absolute atomic E-state index is 13.1. The minimum atomic E-state index is -3.81. The van der Waals surface area contributed by atoms with Crippen molar-refractivity contribution in [2.75, 3.05) is 13.1 Å². The van der Waals surface area contributed by atoms with E-state index in [-0.39, 0.29) is 29.8 Å². The summed E-state index contributed by atoms with van der Waals surface area (Å²) in [7, 11) is -3.81. The Kier molecular flexibility index (Phi) is 6.54. The van der Waals surface area contributed by atoms with Crippen molar-refractivity contribution in [3.8, 4) is 11.4 Å². The summed E-state index contributed by atoms with van der Waals surface area (Å²) in [6.45, 7) is 0.368.